The number of nitrogens with zero attached hydrogens (tertiary/aromatic N) is 6. The number of nitrogens with two attached hydrogens (primary N) is 2. The molecule has 4 atom stereocenters. The number of hydroxylamine groups is 1. The molecule has 4 heterocycles. The molecule has 0 bridgehead atoms. The van der Waals surface area contributed by atoms with Crippen LogP contribution >= 0.6 is 98.5 Å². The number of halogens is 7. The summed E-state index contributed by atoms with van der Waals surface area (Å²) in [4.78, 5) is 89.8. The molecule has 1 aliphatic heterocycles. The van der Waals surface area contributed by atoms with Crippen molar-refractivity contribution in [1.29, 1.82) is 0 Å². The van der Waals surface area contributed by atoms with Gasteiger partial charge in [0.15, 0.2) is 29.4 Å². The van der Waals surface area contributed by atoms with Crippen LogP contribution in [0.15, 0.2) is 138 Å². The summed E-state index contributed by atoms with van der Waals surface area (Å²) >= 11 is 31.1. The Labute approximate surface area is 603 Å². The van der Waals surface area contributed by atoms with E-state index < -0.39 is 24.0 Å². The molecule has 0 amide bonds. The number of pyridine rings is 3. The van der Waals surface area contributed by atoms with Crippen LogP contribution in [-0.4, -0.2) is 114 Å². The minimum absolute atomic E-state index is 0. The Kier molecular flexibility index (Phi) is 35.2. The molecule has 32 heteroatoms. The second-order valence-corrected chi connectivity index (χ2v) is 24.4. The van der Waals surface area contributed by atoms with Gasteiger partial charge in [0.2, 0.25) is 23.4 Å². The fourth-order valence-electron chi connectivity index (χ4n) is 7.60. The van der Waals surface area contributed by atoms with Crippen LogP contribution in [0.2, 0.25) is 15.1 Å². The molecule has 10 rings (SSSR count). The summed E-state index contributed by atoms with van der Waals surface area (Å²) < 4.78 is 17.6. The molecule has 4 aliphatic rings. The zero-order valence-corrected chi connectivity index (χ0v) is 61.1. The second-order valence-electron chi connectivity index (χ2n) is 19.5. The number of ether oxygens (including phenoxy) is 3. The van der Waals surface area contributed by atoms with Gasteiger partial charge in [-0.1, -0.05) is 73.2 Å². The van der Waals surface area contributed by atoms with Crippen LogP contribution in [0.4, 0.5) is 0 Å². The third kappa shape index (κ3) is 26.8. The second kappa shape index (κ2) is 40.4. The first-order valence-electron chi connectivity index (χ1n) is 27.0. The minimum atomic E-state index is -1.08. The number of benzene rings is 3. The number of alkyl halides is 1. The van der Waals surface area contributed by atoms with E-state index in [0.29, 0.717) is 82.0 Å². The van der Waals surface area contributed by atoms with E-state index in [1.807, 2.05) is 36.4 Å². The van der Waals surface area contributed by atoms with Crippen molar-refractivity contribution >= 4 is 154 Å². The van der Waals surface area contributed by atoms with Crippen LogP contribution < -0.4 is 65.8 Å². The van der Waals surface area contributed by atoms with Crippen molar-refractivity contribution in [1.82, 2.24) is 20.4 Å². The van der Waals surface area contributed by atoms with Crippen molar-refractivity contribution in [2.24, 2.45) is 44.5 Å². The maximum atomic E-state index is 12.7. The molecule has 3 aliphatic carbocycles. The van der Waals surface area contributed by atoms with E-state index in [1.54, 1.807) is 79.9 Å². The van der Waals surface area contributed by atoms with Gasteiger partial charge in [-0.05, 0) is 208 Å². The van der Waals surface area contributed by atoms with Gasteiger partial charge in [-0.3, -0.25) is 19.4 Å². The monoisotopic (exact) mass is 1590 g/mol. The average molecular weight is 1590 g/mol. The molecule has 2 unspecified atom stereocenters. The van der Waals surface area contributed by atoms with Gasteiger partial charge in [-0.2, -0.15) is 0 Å². The average Bonchev–Trinajstić information content (AvgIpc) is 1.87. The number of ketones is 2. The number of carbonyl (C=O) groups is 5. The molecule has 6 aromatic rings. The molecule has 92 heavy (non-hydrogen) atoms. The van der Waals surface area contributed by atoms with Crippen molar-refractivity contribution in [3.63, 3.8) is 0 Å². The number of rotatable bonds is 16. The minimum Gasteiger partial charge on any atom is -0.550 e. The van der Waals surface area contributed by atoms with Gasteiger partial charge in [0.25, 0.3) is 0 Å². The molecule has 483 valence electrons. The number of nitrogens with one attached hydrogen (secondary N) is 1. The summed E-state index contributed by atoms with van der Waals surface area (Å²) in [6.07, 6.45) is 5.85. The van der Waals surface area contributed by atoms with E-state index in [-0.39, 0.29) is 84.1 Å². The van der Waals surface area contributed by atoms with Gasteiger partial charge < -0.3 is 45.6 Å². The number of aromatic nitrogens is 3. The normalized spacial score (nSPS) is 15.9. The maximum Gasteiger partial charge on any atom is 1.00 e. The SMILES string of the molecule is CC(=O)OOC(C)=O.CC(=O)[O-].COc1nc(/C(N)=N/O)ccc1Br.COc1nc(/C(N)=N/OC(C(=O)c2ccc(Cl)cc2)C2CC2)ccc1Br.COc1nc(C2=N[C@@H](c3ccc(Cl)cc3)[C@@H](C3CC3)ON2)ccc1Br.O=C(c1ccc(Cl)cc1)C(Br)C1CC1.[B].[Na+]. The number of carboxylic acids is 1. The summed E-state index contributed by atoms with van der Waals surface area (Å²) in [5.41, 5.74) is 18.1. The number of aliphatic carboxylic acids is 1. The third-order valence-corrected chi connectivity index (χ3v) is 16.2. The largest absolute Gasteiger partial charge is 1.00 e. The van der Waals surface area contributed by atoms with E-state index in [9.17, 15) is 19.2 Å². The third-order valence-electron chi connectivity index (χ3n) is 12.5. The van der Waals surface area contributed by atoms with Crippen LogP contribution in [-0.2, 0) is 33.8 Å². The van der Waals surface area contributed by atoms with Crippen molar-refractivity contribution < 1.29 is 97.5 Å². The maximum absolute atomic E-state index is 12.7. The first kappa shape index (κ1) is 80.3. The Morgan fingerprint density at radius 3 is 1.46 bits per heavy atom. The molecule has 3 saturated carbocycles. The Morgan fingerprint density at radius 2 is 1.04 bits per heavy atom. The van der Waals surface area contributed by atoms with Crippen molar-refractivity contribution in [2.45, 2.75) is 82.4 Å². The Balaban J connectivity index is 0.000000309. The molecular formula is C60H61BBr4Cl3N9NaO14. The van der Waals surface area contributed by atoms with E-state index in [2.05, 4.69) is 104 Å². The fraction of sp³-hybridized carbons (Fsp3) is 0.317. The van der Waals surface area contributed by atoms with E-state index >= 15 is 0 Å². The zero-order chi connectivity index (χ0) is 66.2. The number of amidine groups is 3. The standard InChI is InChI=1S/C18H17BrClN3O3.C18H17BrClN3O2.C11H10BrClO.C7H8BrN3O2.C4H6O4.C2H4O2.B.Na/c1-25-18-13(19)8-9-14(22-18)17(21)23-26-16(11-2-3-11)15(24)10-4-6-12(20)7-5-10;1-24-18-13(19)8-9-14(21-18)17-22-15(10-4-6-12(20)7-5-10)16(25-23-17)11-2-3-11;12-10(7-1-2-7)11(14)8-3-5-9(13)6-4-8;1-13-7-4(8)2-3-5(10-7)6(9)11-12;1-3(5)7-8-4(2)6;1-2(3)4;;/h4-9,11,16H,2-3H2,1H3,(H2,21,23);4-9,11,15-16H,2-3H2,1H3,(H,22,23);3-7,10H,1-2H2;2-3,12H,1H3,(H2,9,11);1-2H3;1H3,(H,3,4);;/q;;;;;;;+1/p-1/t;15-,16+;;;;;;/m.0....../s1. The first-order valence-corrected chi connectivity index (χ1v) is 31.4. The van der Waals surface area contributed by atoms with Gasteiger partial charge >= 0.3 is 41.5 Å². The molecule has 3 aromatic carbocycles. The van der Waals surface area contributed by atoms with Crippen LogP contribution in [0, 0.1) is 17.8 Å². The predicted molar refractivity (Wildman–Crippen MR) is 355 cm³/mol. The molecule has 6 N–H and O–H groups in total. The van der Waals surface area contributed by atoms with Crippen LogP contribution in [0.5, 0.6) is 17.6 Å². The zero-order valence-electron chi connectivity index (χ0n) is 50.5. The quantitative estimate of drug-likeness (QED) is 0.0104. The fourth-order valence-corrected chi connectivity index (χ4v) is 9.92. The summed E-state index contributed by atoms with van der Waals surface area (Å²) in [5, 5.41) is 26.0. The number of carbonyl (C=O) groups excluding carboxylic acids is 5. The molecule has 23 nitrogen and oxygen atoms in total. The molecular weight excluding hydrogens is 1530 g/mol. The first-order chi connectivity index (χ1) is 42.9. The Bertz CT molecular complexity index is 3510. The predicted octanol–water partition coefficient (Wildman–Crippen LogP) is 8.16. The van der Waals surface area contributed by atoms with E-state index in [4.69, 9.17) is 90.3 Å². The summed E-state index contributed by atoms with van der Waals surface area (Å²) in [6, 6.07) is 32.0. The number of hydrogen-bond donors (Lipinski definition) is 4. The number of hydrogen-bond acceptors (Lipinski definition) is 21. The number of aliphatic imine (C=N–C) groups is 1. The summed E-state index contributed by atoms with van der Waals surface area (Å²) in [5.74, 6) is 0.798. The molecule has 3 aromatic heterocycles. The molecule has 0 spiro atoms. The van der Waals surface area contributed by atoms with Crippen molar-refractivity contribution in [2.75, 3.05) is 21.3 Å². The Morgan fingerprint density at radius 1 is 0.630 bits per heavy atom. The van der Waals surface area contributed by atoms with Crippen LogP contribution in [0.1, 0.15) is 109 Å². The molecule has 3 fully saturated rings. The summed E-state index contributed by atoms with van der Waals surface area (Å²) in [7, 11) is 4.58. The number of oxime groups is 2. The number of methoxy groups -OCH3 is 3. The van der Waals surface area contributed by atoms with Gasteiger partial charge in [0, 0.05) is 60.3 Å². The van der Waals surface area contributed by atoms with Crippen LogP contribution in [0.25, 0.3) is 0 Å². The van der Waals surface area contributed by atoms with Gasteiger partial charge in [0.1, 0.15) is 29.2 Å². The van der Waals surface area contributed by atoms with Crippen molar-refractivity contribution in [3.8, 4) is 17.6 Å². The van der Waals surface area contributed by atoms with Crippen LogP contribution in [0.3, 0.4) is 0 Å². The van der Waals surface area contributed by atoms with Gasteiger partial charge in [0.05, 0.1) is 39.6 Å². The van der Waals surface area contributed by atoms with E-state index in [0.717, 1.165) is 62.1 Å². The number of carboxylic acid groups (broad SMARTS) is 1. The Hall–Kier alpha value is -5.92. The smallest absolute Gasteiger partial charge is 0.550 e. The van der Waals surface area contributed by atoms with E-state index in [1.165, 1.54) is 27.1 Å². The van der Waals surface area contributed by atoms with Gasteiger partial charge in [-0.15, -0.1) is 0 Å². The molecule has 0 saturated heterocycles. The molecule has 3 radical (unpaired) electrons. The van der Waals surface area contributed by atoms with Gasteiger partial charge in [-0.25, -0.2) is 39.8 Å². The van der Waals surface area contributed by atoms with Crippen molar-refractivity contribution in [3.05, 3.63) is 171 Å². The topological polar surface area (TPSA) is 333 Å². The number of Topliss-reactive ketones (excluding diaryl/α,β-unsaturated/α-hetero) is 2. The summed E-state index contributed by atoms with van der Waals surface area (Å²) in [6.45, 7) is 3.26.